The summed E-state index contributed by atoms with van der Waals surface area (Å²) in [6.45, 7) is 3.84. The summed E-state index contributed by atoms with van der Waals surface area (Å²) >= 11 is 0. The summed E-state index contributed by atoms with van der Waals surface area (Å²) in [6.07, 6.45) is 0. The first-order chi connectivity index (χ1) is 11.1. The Morgan fingerprint density at radius 2 is 2.00 bits per heavy atom. The maximum Gasteiger partial charge on any atom is 0.193 e. The first kappa shape index (κ1) is 14.9. The van der Waals surface area contributed by atoms with Crippen LogP contribution in [0.1, 0.15) is 17.0 Å². The molecule has 2 heterocycles. The van der Waals surface area contributed by atoms with Gasteiger partial charge in [0.05, 0.1) is 5.39 Å². The lowest BCUT2D eigenvalue weighted by atomic mass is 10.2. The van der Waals surface area contributed by atoms with Gasteiger partial charge in [-0.3, -0.25) is 4.79 Å². The number of rotatable bonds is 2. The molecule has 3 aromatic rings. The Kier molecular flexibility index (Phi) is 3.91. The molecule has 0 saturated carbocycles. The fraction of sp³-hybridized carbons (Fsp3) is 0.118. The monoisotopic (exact) mass is 308 g/mol. The number of aryl methyl sites for hydroxylation is 2. The van der Waals surface area contributed by atoms with E-state index in [1.165, 1.54) is 6.07 Å². The van der Waals surface area contributed by atoms with Gasteiger partial charge in [0.15, 0.2) is 22.8 Å². The topological polar surface area (TPSA) is 93.5 Å². The third-order valence-electron chi connectivity index (χ3n) is 3.32. The van der Waals surface area contributed by atoms with E-state index < -0.39 is 0 Å². The number of pyridine rings is 1. The van der Waals surface area contributed by atoms with E-state index in [0.717, 1.165) is 11.3 Å². The molecular weight excluding hydrogens is 292 g/mol. The summed E-state index contributed by atoms with van der Waals surface area (Å²) < 4.78 is 5.73. The second-order valence-electron chi connectivity index (χ2n) is 5.22. The van der Waals surface area contributed by atoms with Crippen molar-refractivity contribution in [3.63, 3.8) is 0 Å². The first-order valence-electron chi connectivity index (χ1n) is 7.10. The molecule has 0 saturated heterocycles. The Hall–Kier alpha value is -2.99. The lowest BCUT2D eigenvalue weighted by Gasteiger charge is -2.06. The Bertz CT molecular complexity index is 940. The number of amidine groups is 1. The van der Waals surface area contributed by atoms with Gasteiger partial charge < -0.3 is 9.84 Å². The minimum Gasteiger partial charge on any atom is -0.453 e. The molecule has 0 fully saturated rings. The predicted molar refractivity (Wildman–Crippen MR) is 89.7 cm³/mol. The van der Waals surface area contributed by atoms with Crippen molar-refractivity contribution >= 4 is 22.6 Å². The van der Waals surface area contributed by atoms with Crippen LogP contribution < -0.4 is 16.7 Å². The Morgan fingerprint density at radius 3 is 2.74 bits per heavy atom. The molecule has 0 radical (unpaired) electrons. The van der Waals surface area contributed by atoms with Crippen LogP contribution in [0.2, 0.25) is 0 Å². The van der Waals surface area contributed by atoms with E-state index in [-0.39, 0.29) is 17.0 Å². The molecule has 0 bridgehead atoms. The Morgan fingerprint density at radius 1 is 1.22 bits per heavy atom. The van der Waals surface area contributed by atoms with E-state index >= 15 is 0 Å². The van der Waals surface area contributed by atoms with Gasteiger partial charge in [-0.15, -0.1) is 0 Å². The molecule has 23 heavy (non-hydrogen) atoms. The van der Waals surface area contributed by atoms with Gasteiger partial charge in [0.25, 0.3) is 0 Å². The van der Waals surface area contributed by atoms with Crippen LogP contribution in [0.3, 0.4) is 0 Å². The number of hydrogen-bond donors (Lipinski definition) is 2. The number of hydrazine groups is 1. The maximum absolute atomic E-state index is 12.2. The van der Waals surface area contributed by atoms with Crippen LogP contribution in [-0.4, -0.2) is 10.8 Å². The van der Waals surface area contributed by atoms with E-state index in [1.54, 1.807) is 24.3 Å². The van der Waals surface area contributed by atoms with E-state index in [4.69, 9.17) is 10.3 Å². The molecule has 2 aromatic heterocycles. The number of hydrogen-bond acceptors (Lipinski definition) is 5. The maximum atomic E-state index is 12.2. The quantitative estimate of drug-likeness (QED) is 0.328. The highest BCUT2D eigenvalue weighted by Crippen LogP contribution is 2.16. The van der Waals surface area contributed by atoms with Gasteiger partial charge in [-0.1, -0.05) is 12.1 Å². The number of para-hydroxylation sites is 1. The number of fused-ring (bicyclic) bond motifs is 1. The van der Waals surface area contributed by atoms with Gasteiger partial charge in [0, 0.05) is 11.8 Å². The summed E-state index contributed by atoms with van der Waals surface area (Å²) in [7, 11) is 0. The number of nitrogens with zero attached hydrogens (tertiary/aromatic N) is 2. The highest BCUT2D eigenvalue weighted by atomic mass is 16.3. The summed E-state index contributed by atoms with van der Waals surface area (Å²) in [6, 6.07) is 12.2. The average Bonchev–Trinajstić information content (AvgIpc) is 2.51. The average molecular weight is 308 g/mol. The predicted octanol–water partition coefficient (Wildman–Crippen LogP) is 2.35. The SMILES string of the molecule is Cc1cc(C)nc(/N=C(\NN)c2cc(=O)c3ccccc3o2)c1. The summed E-state index contributed by atoms with van der Waals surface area (Å²) in [5.74, 6) is 6.55. The molecule has 3 N–H and O–H groups in total. The van der Waals surface area contributed by atoms with Gasteiger partial charge in [-0.2, -0.15) is 0 Å². The van der Waals surface area contributed by atoms with Crippen molar-refractivity contribution in [2.45, 2.75) is 13.8 Å². The molecule has 0 aliphatic carbocycles. The van der Waals surface area contributed by atoms with Crippen molar-refractivity contribution in [3.8, 4) is 0 Å². The Labute approximate surface area is 132 Å². The van der Waals surface area contributed by atoms with Crippen molar-refractivity contribution in [1.82, 2.24) is 10.4 Å². The molecule has 6 heteroatoms. The van der Waals surface area contributed by atoms with Crippen LogP contribution >= 0.6 is 0 Å². The molecule has 0 amide bonds. The van der Waals surface area contributed by atoms with Gasteiger partial charge in [-0.05, 0) is 43.7 Å². The highest BCUT2D eigenvalue weighted by Gasteiger charge is 2.10. The van der Waals surface area contributed by atoms with Crippen LogP contribution in [-0.2, 0) is 0 Å². The van der Waals surface area contributed by atoms with Gasteiger partial charge in [0.2, 0.25) is 0 Å². The van der Waals surface area contributed by atoms with Crippen molar-refractivity contribution in [1.29, 1.82) is 0 Å². The zero-order valence-electron chi connectivity index (χ0n) is 12.8. The van der Waals surface area contributed by atoms with Crippen LogP contribution in [0, 0.1) is 13.8 Å². The second kappa shape index (κ2) is 6.02. The number of nitrogens with one attached hydrogen (secondary N) is 1. The summed E-state index contributed by atoms with van der Waals surface area (Å²) in [5.41, 5.74) is 4.68. The van der Waals surface area contributed by atoms with Crippen molar-refractivity contribution in [3.05, 3.63) is 69.7 Å². The van der Waals surface area contributed by atoms with E-state index in [1.807, 2.05) is 26.0 Å². The second-order valence-corrected chi connectivity index (χ2v) is 5.22. The molecule has 6 nitrogen and oxygen atoms in total. The highest BCUT2D eigenvalue weighted by molar-refractivity contribution is 5.98. The van der Waals surface area contributed by atoms with E-state index in [0.29, 0.717) is 16.8 Å². The molecule has 3 rings (SSSR count). The zero-order chi connectivity index (χ0) is 16.4. The minimum absolute atomic E-state index is 0.154. The molecule has 1 aromatic carbocycles. The fourth-order valence-electron chi connectivity index (χ4n) is 2.37. The largest absolute Gasteiger partial charge is 0.453 e. The molecule has 116 valence electrons. The van der Waals surface area contributed by atoms with Gasteiger partial charge >= 0.3 is 0 Å². The first-order valence-corrected chi connectivity index (χ1v) is 7.10. The fourth-order valence-corrected chi connectivity index (χ4v) is 2.37. The summed E-state index contributed by atoms with van der Waals surface area (Å²) in [4.78, 5) is 20.9. The van der Waals surface area contributed by atoms with E-state index in [2.05, 4.69) is 15.4 Å². The molecule has 0 spiro atoms. The van der Waals surface area contributed by atoms with Crippen LogP contribution in [0.15, 0.2) is 56.7 Å². The molecule has 0 unspecified atom stereocenters. The zero-order valence-corrected chi connectivity index (χ0v) is 12.8. The van der Waals surface area contributed by atoms with Crippen LogP contribution in [0.5, 0.6) is 0 Å². The molecule has 0 atom stereocenters. The normalized spacial score (nSPS) is 11.7. The number of nitrogens with two attached hydrogens (primary N) is 1. The summed E-state index contributed by atoms with van der Waals surface area (Å²) in [5, 5.41) is 0.511. The van der Waals surface area contributed by atoms with Gasteiger partial charge in [-0.25, -0.2) is 15.8 Å². The standard InChI is InChI=1S/C17H16N4O2/c1-10-7-11(2)19-16(8-10)20-17(21-18)15-9-13(22)12-5-3-4-6-14(12)23-15/h3-9H,18H2,1-2H3,(H,19,20,21). The van der Waals surface area contributed by atoms with Crippen LogP contribution in [0.4, 0.5) is 5.82 Å². The van der Waals surface area contributed by atoms with Crippen LogP contribution in [0.25, 0.3) is 11.0 Å². The number of aliphatic imine (C=N–C) groups is 1. The molecule has 0 aliphatic rings. The minimum atomic E-state index is -0.154. The van der Waals surface area contributed by atoms with Gasteiger partial charge in [0.1, 0.15) is 5.58 Å². The lowest BCUT2D eigenvalue weighted by molar-refractivity contribution is 0.586. The van der Waals surface area contributed by atoms with Crippen molar-refractivity contribution < 1.29 is 4.42 Å². The third-order valence-corrected chi connectivity index (χ3v) is 3.32. The molecular formula is C17H16N4O2. The van der Waals surface area contributed by atoms with Crippen molar-refractivity contribution in [2.75, 3.05) is 0 Å². The number of benzene rings is 1. The molecule has 0 aliphatic heterocycles. The number of aromatic nitrogens is 1. The lowest BCUT2D eigenvalue weighted by Crippen LogP contribution is -2.31. The van der Waals surface area contributed by atoms with E-state index in [9.17, 15) is 4.79 Å². The van der Waals surface area contributed by atoms with Crippen molar-refractivity contribution in [2.24, 2.45) is 10.8 Å². The smallest absolute Gasteiger partial charge is 0.193 e. The third kappa shape index (κ3) is 3.12. The Balaban J connectivity index is 2.14.